The van der Waals surface area contributed by atoms with Crippen molar-refractivity contribution in [1.82, 2.24) is 0 Å². The fourth-order valence-corrected chi connectivity index (χ4v) is 1.29. The zero-order chi connectivity index (χ0) is 8.81. The van der Waals surface area contributed by atoms with Gasteiger partial charge in [-0.25, -0.2) is 0 Å². The van der Waals surface area contributed by atoms with E-state index in [-0.39, 0.29) is 0 Å². The van der Waals surface area contributed by atoms with Gasteiger partial charge in [-0.2, -0.15) is 0 Å². The fourth-order valence-electron chi connectivity index (χ4n) is 1.29. The van der Waals surface area contributed by atoms with E-state index in [0.29, 0.717) is 0 Å². The Labute approximate surface area is 74.2 Å². The Morgan fingerprint density at radius 1 is 1.33 bits per heavy atom. The number of furan rings is 1. The first kappa shape index (κ1) is 9.17. The van der Waals surface area contributed by atoms with Gasteiger partial charge >= 0.3 is 0 Å². The van der Waals surface area contributed by atoms with E-state index >= 15 is 0 Å². The number of rotatable bonds is 5. The molecule has 1 aromatic heterocycles. The molecule has 1 radical (unpaired) electrons. The van der Waals surface area contributed by atoms with E-state index in [4.69, 9.17) is 4.42 Å². The lowest BCUT2D eigenvalue weighted by molar-refractivity contribution is 0.556. The van der Waals surface area contributed by atoms with Crippen LogP contribution in [0.25, 0.3) is 0 Å². The van der Waals surface area contributed by atoms with Crippen molar-refractivity contribution in [3.05, 3.63) is 18.6 Å². The second kappa shape index (κ2) is 4.86. The first-order chi connectivity index (χ1) is 5.88. The van der Waals surface area contributed by atoms with E-state index in [0.717, 1.165) is 18.8 Å². The third kappa shape index (κ3) is 2.29. The molecule has 67 valence electrons. The van der Waals surface area contributed by atoms with Gasteiger partial charge in [-0.15, -0.1) is 0 Å². The minimum atomic E-state index is 1.08. The van der Waals surface area contributed by atoms with Gasteiger partial charge in [-0.1, -0.05) is 13.8 Å². The maximum absolute atomic E-state index is 4.92. The Morgan fingerprint density at radius 2 is 2.00 bits per heavy atom. The van der Waals surface area contributed by atoms with Crippen LogP contribution in [0.15, 0.2) is 16.7 Å². The van der Waals surface area contributed by atoms with Gasteiger partial charge in [0.25, 0.3) is 0 Å². The Balaban J connectivity index is 2.53. The first-order valence-electron chi connectivity index (χ1n) is 4.58. The SMILES string of the molecule is CCCN(CCC)c1[c]occ1. The van der Waals surface area contributed by atoms with Crippen molar-refractivity contribution in [3.8, 4) is 0 Å². The highest BCUT2D eigenvalue weighted by atomic mass is 16.3. The summed E-state index contributed by atoms with van der Waals surface area (Å²) < 4.78 is 4.92. The van der Waals surface area contributed by atoms with E-state index in [9.17, 15) is 0 Å². The van der Waals surface area contributed by atoms with Gasteiger partial charge in [-0.3, -0.25) is 0 Å². The number of anilines is 1. The molecule has 0 bridgehead atoms. The van der Waals surface area contributed by atoms with Crippen LogP contribution in [-0.4, -0.2) is 13.1 Å². The fraction of sp³-hybridized carbons (Fsp3) is 0.600. The molecular weight excluding hydrogens is 150 g/mol. The van der Waals surface area contributed by atoms with Crippen LogP contribution >= 0.6 is 0 Å². The van der Waals surface area contributed by atoms with Gasteiger partial charge in [0.2, 0.25) is 0 Å². The maximum Gasteiger partial charge on any atom is 0.194 e. The molecule has 0 saturated heterocycles. The van der Waals surface area contributed by atoms with Gasteiger partial charge in [0.05, 0.1) is 12.0 Å². The smallest absolute Gasteiger partial charge is 0.194 e. The van der Waals surface area contributed by atoms with E-state index in [1.165, 1.54) is 12.8 Å². The van der Waals surface area contributed by atoms with Crippen molar-refractivity contribution < 1.29 is 4.42 Å². The van der Waals surface area contributed by atoms with Crippen LogP contribution in [0.4, 0.5) is 5.69 Å². The molecule has 0 aromatic carbocycles. The predicted molar refractivity (Wildman–Crippen MR) is 50.3 cm³/mol. The molecule has 0 aliphatic rings. The third-order valence-electron chi connectivity index (χ3n) is 1.79. The van der Waals surface area contributed by atoms with Gasteiger partial charge in [-0.05, 0) is 12.8 Å². The molecule has 1 aromatic rings. The molecule has 0 spiro atoms. The molecule has 0 atom stereocenters. The molecule has 0 amide bonds. The lowest BCUT2D eigenvalue weighted by atomic mass is 10.3. The normalized spacial score (nSPS) is 10.2. The van der Waals surface area contributed by atoms with E-state index < -0.39 is 0 Å². The summed E-state index contributed by atoms with van der Waals surface area (Å²) in [5.41, 5.74) is 1.08. The zero-order valence-electron chi connectivity index (χ0n) is 7.84. The van der Waals surface area contributed by atoms with Crippen molar-refractivity contribution in [2.45, 2.75) is 26.7 Å². The Bertz CT molecular complexity index is 188. The van der Waals surface area contributed by atoms with Crippen LogP contribution in [0, 0.1) is 6.26 Å². The van der Waals surface area contributed by atoms with E-state index in [1.807, 2.05) is 6.07 Å². The van der Waals surface area contributed by atoms with E-state index in [1.54, 1.807) is 6.26 Å². The molecule has 0 aliphatic heterocycles. The summed E-state index contributed by atoms with van der Waals surface area (Å²) in [6.07, 6.45) is 6.86. The number of nitrogens with zero attached hydrogens (tertiary/aromatic N) is 1. The van der Waals surface area contributed by atoms with Crippen LogP contribution in [0.2, 0.25) is 0 Å². The highest BCUT2D eigenvalue weighted by Gasteiger charge is 2.04. The Morgan fingerprint density at radius 3 is 2.42 bits per heavy atom. The summed E-state index contributed by atoms with van der Waals surface area (Å²) in [6, 6.07) is 1.96. The number of hydrogen-bond donors (Lipinski definition) is 0. The third-order valence-corrected chi connectivity index (χ3v) is 1.79. The summed E-state index contributed by atoms with van der Waals surface area (Å²) in [4.78, 5) is 2.30. The molecule has 0 unspecified atom stereocenters. The van der Waals surface area contributed by atoms with Gasteiger partial charge < -0.3 is 9.32 Å². The summed E-state index contributed by atoms with van der Waals surface area (Å²) in [5.74, 6) is 0. The van der Waals surface area contributed by atoms with Crippen LogP contribution in [0.3, 0.4) is 0 Å². The molecule has 12 heavy (non-hydrogen) atoms. The minimum absolute atomic E-state index is 1.08. The highest BCUT2D eigenvalue weighted by Crippen LogP contribution is 2.13. The Kier molecular flexibility index (Phi) is 3.71. The highest BCUT2D eigenvalue weighted by molar-refractivity contribution is 5.41. The van der Waals surface area contributed by atoms with Crippen molar-refractivity contribution in [2.24, 2.45) is 0 Å². The van der Waals surface area contributed by atoms with Gasteiger partial charge in [0.15, 0.2) is 6.26 Å². The van der Waals surface area contributed by atoms with E-state index in [2.05, 4.69) is 25.0 Å². The maximum atomic E-state index is 4.92. The first-order valence-corrected chi connectivity index (χ1v) is 4.58. The molecule has 0 fully saturated rings. The molecule has 0 saturated carbocycles. The van der Waals surface area contributed by atoms with Crippen LogP contribution in [0.1, 0.15) is 26.7 Å². The lowest BCUT2D eigenvalue weighted by Gasteiger charge is -2.20. The predicted octanol–water partition coefficient (Wildman–Crippen LogP) is 2.71. The molecule has 1 heterocycles. The van der Waals surface area contributed by atoms with Crippen molar-refractivity contribution in [2.75, 3.05) is 18.0 Å². The van der Waals surface area contributed by atoms with Crippen LogP contribution < -0.4 is 4.90 Å². The number of hydrogen-bond acceptors (Lipinski definition) is 2. The topological polar surface area (TPSA) is 16.4 Å². The van der Waals surface area contributed by atoms with Gasteiger partial charge in [0.1, 0.15) is 0 Å². The minimum Gasteiger partial charge on any atom is -0.459 e. The van der Waals surface area contributed by atoms with Crippen molar-refractivity contribution >= 4 is 5.69 Å². The van der Waals surface area contributed by atoms with Crippen LogP contribution in [0.5, 0.6) is 0 Å². The summed E-state index contributed by atoms with van der Waals surface area (Å²) in [7, 11) is 0. The second-order valence-corrected chi connectivity index (χ2v) is 2.89. The molecular formula is C10H16NO. The van der Waals surface area contributed by atoms with Gasteiger partial charge in [0, 0.05) is 19.2 Å². The molecule has 2 heteroatoms. The largest absolute Gasteiger partial charge is 0.459 e. The zero-order valence-corrected chi connectivity index (χ0v) is 7.84. The monoisotopic (exact) mass is 166 g/mol. The average molecular weight is 166 g/mol. The quantitative estimate of drug-likeness (QED) is 0.668. The molecule has 0 aliphatic carbocycles. The molecule has 2 nitrogen and oxygen atoms in total. The average Bonchev–Trinajstić information content (AvgIpc) is 2.56. The summed E-state index contributed by atoms with van der Waals surface area (Å²) >= 11 is 0. The second-order valence-electron chi connectivity index (χ2n) is 2.89. The lowest BCUT2D eigenvalue weighted by Crippen LogP contribution is -2.24. The standard InChI is InChI=1S/C10H16NO/c1-3-6-11(7-4-2)10-5-8-12-9-10/h5,8H,3-4,6-7H2,1-2H3. The summed E-state index contributed by atoms with van der Waals surface area (Å²) in [6.45, 7) is 6.54. The van der Waals surface area contributed by atoms with Crippen LogP contribution in [-0.2, 0) is 0 Å². The Hall–Kier alpha value is -0.920. The molecule has 0 N–H and O–H groups in total. The molecule has 1 rings (SSSR count). The summed E-state index contributed by atoms with van der Waals surface area (Å²) in [5, 5.41) is 0. The van der Waals surface area contributed by atoms with Crippen molar-refractivity contribution in [1.29, 1.82) is 0 Å². The van der Waals surface area contributed by atoms with Crippen molar-refractivity contribution in [3.63, 3.8) is 0 Å².